The summed E-state index contributed by atoms with van der Waals surface area (Å²) < 4.78 is 5.89. The number of hydrogen-bond acceptors (Lipinski definition) is 3. The van der Waals surface area contributed by atoms with Crippen LogP contribution in [-0.4, -0.2) is 11.0 Å². The highest BCUT2D eigenvalue weighted by atomic mass is 79.9. The Morgan fingerprint density at radius 1 is 1.50 bits per heavy atom. The van der Waals surface area contributed by atoms with Gasteiger partial charge in [0, 0.05) is 0 Å². The van der Waals surface area contributed by atoms with Crippen molar-refractivity contribution in [3.63, 3.8) is 0 Å². The summed E-state index contributed by atoms with van der Waals surface area (Å²) in [5.74, 6) is 0.354. The molecule has 1 aromatic rings. The van der Waals surface area contributed by atoms with E-state index >= 15 is 0 Å². The SMILES string of the molecule is O=[N+]([O-])c1c(Br)cccc1OC1CC1. The van der Waals surface area contributed by atoms with Gasteiger partial charge in [-0.1, -0.05) is 6.07 Å². The standard InChI is InChI=1S/C9H8BrNO3/c10-7-2-1-3-8(9(7)11(12)13)14-6-4-5-6/h1-3,6H,4-5H2. The van der Waals surface area contributed by atoms with Crippen molar-refractivity contribution in [2.24, 2.45) is 0 Å². The van der Waals surface area contributed by atoms with E-state index in [9.17, 15) is 10.1 Å². The summed E-state index contributed by atoms with van der Waals surface area (Å²) in [6.45, 7) is 0. The quantitative estimate of drug-likeness (QED) is 0.618. The van der Waals surface area contributed by atoms with Gasteiger partial charge in [0.2, 0.25) is 0 Å². The first-order valence-electron chi connectivity index (χ1n) is 4.28. The van der Waals surface area contributed by atoms with E-state index in [-0.39, 0.29) is 11.8 Å². The second-order valence-corrected chi connectivity index (χ2v) is 4.02. The minimum Gasteiger partial charge on any atom is -0.483 e. The zero-order valence-corrected chi connectivity index (χ0v) is 8.86. The third-order valence-corrected chi connectivity index (χ3v) is 2.59. The number of nitro groups is 1. The van der Waals surface area contributed by atoms with E-state index in [4.69, 9.17) is 4.74 Å². The molecule has 0 heterocycles. The minimum atomic E-state index is -0.429. The van der Waals surface area contributed by atoms with Crippen molar-refractivity contribution in [3.05, 3.63) is 32.8 Å². The molecule has 0 radical (unpaired) electrons. The van der Waals surface area contributed by atoms with Crippen LogP contribution in [-0.2, 0) is 0 Å². The first-order valence-corrected chi connectivity index (χ1v) is 5.07. The fourth-order valence-corrected chi connectivity index (χ4v) is 1.63. The molecule has 2 rings (SSSR count). The number of nitro benzene ring substituents is 1. The van der Waals surface area contributed by atoms with Crippen LogP contribution < -0.4 is 4.74 Å². The molecular formula is C9H8BrNO3. The highest BCUT2D eigenvalue weighted by Gasteiger charge is 2.28. The third-order valence-electron chi connectivity index (χ3n) is 1.95. The van der Waals surface area contributed by atoms with Crippen molar-refractivity contribution < 1.29 is 9.66 Å². The molecule has 0 N–H and O–H groups in total. The zero-order chi connectivity index (χ0) is 10.1. The van der Waals surface area contributed by atoms with Crippen LogP contribution in [0.4, 0.5) is 5.69 Å². The van der Waals surface area contributed by atoms with E-state index in [0.717, 1.165) is 12.8 Å². The molecule has 0 saturated heterocycles. The maximum atomic E-state index is 10.7. The average Bonchev–Trinajstić information content (AvgIpc) is 2.87. The van der Waals surface area contributed by atoms with Crippen LogP contribution in [0.1, 0.15) is 12.8 Å². The lowest BCUT2D eigenvalue weighted by molar-refractivity contribution is -0.386. The van der Waals surface area contributed by atoms with Crippen molar-refractivity contribution in [2.45, 2.75) is 18.9 Å². The largest absolute Gasteiger partial charge is 0.483 e. The lowest BCUT2D eigenvalue weighted by Gasteiger charge is -2.05. The van der Waals surface area contributed by atoms with Gasteiger partial charge in [0.15, 0.2) is 5.75 Å². The lowest BCUT2D eigenvalue weighted by atomic mass is 10.3. The summed E-state index contributed by atoms with van der Waals surface area (Å²) in [5.41, 5.74) is 0.0133. The van der Waals surface area contributed by atoms with Crippen LogP contribution in [0.3, 0.4) is 0 Å². The van der Waals surface area contributed by atoms with E-state index in [1.165, 1.54) is 0 Å². The number of rotatable bonds is 3. The summed E-state index contributed by atoms with van der Waals surface area (Å²) in [7, 11) is 0. The molecule has 1 fully saturated rings. The Labute approximate surface area is 89.2 Å². The van der Waals surface area contributed by atoms with Crippen LogP contribution in [0.25, 0.3) is 0 Å². The van der Waals surface area contributed by atoms with Crippen molar-refractivity contribution in [3.8, 4) is 5.75 Å². The molecule has 0 spiro atoms. The monoisotopic (exact) mass is 257 g/mol. The number of ether oxygens (including phenoxy) is 1. The van der Waals surface area contributed by atoms with Crippen molar-refractivity contribution in [1.82, 2.24) is 0 Å². The van der Waals surface area contributed by atoms with Gasteiger partial charge in [0.1, 0.15) is 0 Å². The number of nitrogens with zero attached hydrogens (tertiary/aromatic N) is 1. The Morgan fingerprint density at radius 3 is 2.79 bits per heavy atom. The number of hydrogen-bond donors (Lipinski definition) is 0. The van der Waals surface area contributed by atoms with Crippen molar-refractivity contribution in [2.75, 3.05) is 0 Å². The fraction of sp³-hybridized carbons (Fsp3) is 0.333. The summed E-state index contributed by atoms with van der Waals surface area (Å²) >= 11 is 3.14. The molecule has 14 heavy (non-hydrogen) atoms. The number of para-hydroxylation sites is 1. The second kappa shape index (κ2) is 3.57. The molecule has 0 aromatic heterocycles. The maximum Gasteiger partial charge on any atom is 0.324 e. The second-order valence-electron chi connectivity index (χ2n) is 3.16. The maximum absolute atomic E-state index is 10.7. The first-order chi connectivity index (χ1) is 6.68. The lowest BCUT2D eigenvalue weighted by Crippen LogP contribution is -2.00. The molecule has 1 aromatic carbocycles. The highest BCUT2D eigenvalue weighted by molar-refractivity contribution is 9.10. The van der Waals surface area contributed by atoms with E-state index in [1.807, 2.05) is 0 Å². The third kappa shape index (κ3) is 1.87. The van der Waals surface area contributed by atoms with Gasteiger partial charge in [-0.15, -0.1) is 0 Å². The van der Waals surface area contributed by atoms with Crippen LogP contribution in [0.5, 0.6) is 5.75 Å². The van der Waals surface area contributed by atoms with Gasteiger partial charge < -0.3 is 4.74 Å². The molecule has 0 atom stereocenters. The minimum absolute atomic E-state index is 0.0133. The van der Waals surface area contributed by atoms with Crippen molar-refractivity contribution in [1.29, 1.82) is 0 Å². The Balaban J connectivity index is 2.35. The predicted octanol–water partition coefficient (Wildman–Crippen LogP) is 2.90. The molecule has 1 saturated carbocycles. The highest BCUT2D eigenvalue weighted by Crippen LogP contribution is 2.37. The Kier molecular flexibility index (Phi) is 2.41. The molecule has 1 aliphatic carbocycles. The summed E-state index contributed by atoms with van der Waals surface area (Å²) in [6, 6.07) is 4.99. The molecule has 0 aliphatic heterocycles. The van der Waals surface area contributed by atoms with E-state index in [2.05, 4.69) is 15.9 Å². The zero-order valence-electron chi connectivity index (χ0n) is 7.27. The van der Waals surface area contributed by atoms with Crippen LogP contribution in [0, 0.1) is 10.1 Å². The van der Waals surface area contributed by atoms with Crippen molar-refractivity contribution >= 4 is 21.6 Å². The molecule has 74 valence electrons. The predicted molar refractivity (Wildman–Crippen MR) is 54.4 cm³/mol. The van der Waals surface area contributed by atoms with E-state index < -0.39 is 4.92 Å². The normalized spacial score (nSPS) is 15.2. The van der Waals surface area contributed by atoms with Gasteiger partial charge >= 0.3 is 5.69 Å². The van der Waals surface area contributed by atoms with Gasteiger partial charge in [0.05, 0.1) is 15.5 Å². The Hall–Kier alpha value is -1.10. The summed E-state index contributed by atoms with van der Waals surface area (Å²) in [4.78, 5) is 10.3. The van der Waals surface area contributed by atoms with Crippen LogP contribution in [0.15, 0.2) is 22.7 Å². The fourth-order valence-electron chi connectivity index (χ4n) is 1.13. The first kappa shape index (κ1) is 9.45. The molecule has 0 unspecified atom stereocenters. The van der Waals surface area contributed by atoms with Gasteiger partial charge in [0.25, 0.3) is 0 Å². The molecule has 5 heteroatoms. The van der Waals surface area contributed by atoms with E-state index in [1.54, 1.807) is 18.2 Å². The summed E-state index contributed by atoms with van der Waals surface area (Å²) in [6.07, 6.45) is 2.15. The van der Waals surface area contributed by atoms with Gasteiger partial charge in [-0.2, -0.15) is 0 Å². The molecule has 0 bridgehead atoms. The Morgan fingerprint density at radius 2 is 2.21 bits per heavy atom. The van der Waals surface area contributed by atoms with Gasteiger partial charge in [-0.3, -0.25) is 10.1 Å². The number of halogens is 1. The molecular weight excluding hydrogens is 250 g/mol. The van der Waals surface area contributed by atoms with Gasteiger partial charge in [-0.05, 0) is 40.9 Å². The van der Waals surface area contributed by atoms with Crippen LogP contribution >= 0.6 is 15.9 Å². The smallest absolute Gasteiger partial charge is 0.324 e. The van der Waals surface area contributed by atoms with Gasteiger partial charge in [-0.25, -0.2) is 0 Å². The average molecular weight is 258 g/mol. The molecule has 0 amide bonds. The number of benzene rings is 1. The van der Waals surface area contributed by atoms with E-state index in [0.29, 0.717) is 10.2 Å². The van der Waals surface area contributed by atoms with Crippen LogP contribution in [0.2, 0.25) is 0 Å². The molecule has 4 nitrogen and oxygen atoms in total. The Bertz CT molecular complexity index is 376. The summed E-state index contributed by atoms with van der Waals surface area (Å²) in [5, 5.41) is 10.7. The molecule has 1 aliphatic rings. The topological polar surface area (TPSA) is 52.4 Å².